The largest absolute Gasteiger partial charge is 0.476 e. The van der Waals surface area contributed by atoms with Gasteiger partial charge in [-0.3, -0.25) is 4.79 Å². The molecule has 0 radical (unpaired) electrons. The van der Waals surface area contributed by atoms with Gasteiger partial charge in [0, 0.05) is 0 Å². The third-order valence-electron chi connectivity index (χ3n) is 1.18. The number of carbonyl (C=O) groups excluding carboxylic acids is 1. The summed E-state index contributed by atoms with van der Waals surface area (Å²) in [6, 6.07) is 0. The minimum atomic E-state index is -1.24. The van der Waals surface area contributed by atoms with Crippen molar-refractivity contribution in [2.45, 2.75) is 0 Å². The maximum absolute atomic E-state index is 10.4. The number of carboxylic acids is 1. The summed E-state index contributed by atoms with van der Waals surface area (Å²) < 4.78 is 0. The van der Waals surface area contributed by atoms with Crippen LogP contribution in [0.1, 0.15) is 10.5 Å². The third kappa shape index (κ3) is 2.15. The Hall–Kier alpha value is -2.12. The van der Waals surface area contributed by atoms with E-state index in [1.807, 2.05) is 0 Å². The molecule has 1 rings (SSSR count). The van der Waals surface area contributed by atoms with Crippen LogP contribution in [0.3, 0.4) is 0 Å². The highest BCUT2D eigenvalue weighted by molar-refractivity contribution is 5.91. The zero-order valence-electron chi connectivity index (χ0n) is 6.44. The first-order valence-electron chi connectivity index (χ1n) is 3.27. The number of anilines is 1. The molecule has 1 amide bonds. The Labute approximate surface area is 72.1 Å². The van der Waals surface area contributed by atoms with E-state index >= 15 is 0 Å². The van der Waals surface area contributed by atoms with Gasteiger partial charge in [-0.25, -0.2) is 4.79 Å². The first-order chi connectivity index (χ1) is 6.11. The van der Waals surface area contributed by atoms with Gasteiger partial charge in [-0.2, -0.15) is 5.21 Å². The van der Waals surface area contributed by atoms with Gasteiger partial charge in [0.05, 0.1) is 6.54 Å². The second-order valence-corrected chi connectivity index (χ2v) is 2.15. The molecular weight excluding hydrogens is 178 g/mol. The van der Waals surface area contributed by atoms with Gasteiger partial charge in [-0.1, -0.05) is 0 Å². The summed E-state index contributed by atoms with van der Waals surface area (Å²) in [6.07, 6.45) is 0. The molecule has 0 saturated carbocycles. The molecule has 0 spiro atoms. The van der Waals surface area contributed by atoms with Gasteiger partial charge in [-0.05, 0) is 0 Å². The lowest BCUT2D eigenvalue weighted by Crippen LogP contribution is -2.22. The molecule has 0 bridgehead atoms. The summed E-state index contributed by atoms with van der Waals surface area (Å²) >= 11 is 0. The Morgan fingerprint density at radius 3 is 2.77 bits per heavy atom. The number of carboxylic acid groups (broad SMARTS) is 1. The number of aromatic nitrogens is 3. The number of nitrogens with zero attached hydrogens (tertiary/aromatic N) is 2. The van der Waals surface area contributed by atoms with E-state index in [0.717, 1.165) is 0 Å². The minimum absolute atomic E-state index is 0.00806. The summed E-state index contributed by atoms with van der Waals surface area (Å²) in [5.41, 5.74) is 4.55. The molecule has 5 N–H and O–H groups in total. The van der Waals surface area contributed by atoms with E-state index in [9.17, 15) is 9.59 Å². The zero-order valence-corrected chi connectivity index (χ0v) is 6.44. The maximum atomic E-state index is 10.4. The van der Waals surface area contributed by atoms with Crippen LogP contribution in [0, 0.1) is 0 Å². The van der Waals surface area contributed by atoms with Crippen molar-refractivity contribution in [1.29, 1.82) is 0 Å². The van der Waals surface area contributed by atoms with Gasteiger partial charge in [0.2, 0.25) is 11.6 Å². The smallest absolute Gasteiger partial charge is 0.360 e. The van der Waals surface area contributed by atoms with E-state index in [4.69, 9.17) is 10.8 Å². The zero-order chi connectivity index (χ0) is 9.84. The number of primary amides is 1. The number of H-pyrrole nitrogens is 1. The van der Waals surface area contributed by atoms with Gasteiger partial charge in [0.1, 0.15) is 0 Å². The lowest BCUT2D eigenvalue weighted by molar-refractivity contribution is -0.116. The molecule has 1 aromatic rings. The number of aromatic carboxylic acids is 1. The third-order valence-corrected chi connectivity index (χ3v) is 1.18. The van der Waals surface area contributed by atoms with E-state index in [1.54, 1.807) is 0 Å². The molecule has 8 heteroatoms. The standard InChI is InChI=1S/C5H7N5O3/c6-2(11)1-7-4-3(5(12)13)8-10-9-4/h1H2,(H2,6,11)(H,12,13)(H2,7,8,9,10). The van der Waals surface area contributed by atoms with Gasteiger partial charge in [0.15, 0.2) is 5.82 Å². The highest BCUT2D eigenvalue weighted by Crippen LogP contribution is 2.05. The molecule has 0 aliphatic rings. The Morgan fingerprint density at radius 2 is 2.23 bits per heavy atom. The molecule has 0 aliphatic heterocycles. The Bertz CT molecular complexity index is 333. The second kappa shape index (κ2) is 3.52. The van der Waals surface area contributed by atoms with E-state index < -0.39 is 11.9 Å². The summed E-state index contributed by atoms with van der Waals surface area (Å²) in [4.78, 5) is 20.8. The normalized spacial score (nSPS) is 9.54. The van der Waals surface area contributed by atoms with Crippen LogP contribution in [0.4, 0.5) is 5.82 Å². The topological polar surface area (TPSA) is 134 Å². The van der Waals surface area contributed by atoms with Crippen LogP contribution in [-0.2, 0) is 4.79 Å². The van der Waals surface area contributed by atoms with Gasteiger partial charge in [0.25, 0.3) is 0 Å². The fourth-order valence-corrected chi connectivity index (χ4v) is 0.674. The van der Waals surface area contributed by atoms with E-state index in [1.165, 1.54) is 0 Å². The quantitative estimate of drug-likeness (QED) is 0.446. The average molecular weight is 185 g/mol. The van der Waals surface area contributed by atoms with Crippen molar-refractivity contribution in [1.82, 2.24) is 15.4 Å². The maximum Gasteiger partial charge on any atom is 0.360 e. The molecule has 70 valence electrons. The fourth-order valence-electron chi connectivity index (χ4n) is 0.674. The molecule has 1 heterocycles. The number of hydrogen-bond acceptors (Lipinski definition) is 5. The number of nitrogens with two attached hydrogens (primary N) is 1. The predicted molar refractivity (Wildman–Crippen MR) is 41.0 cm³/mol. The number of amides is 1. The van der Waals surface area contributed by atoms with E-state index in [2.05, 4.69) is 20.7 Å². The highest BCUT2D eigenvalue weighted by Gasteiger charge is 2.14. The molecule has 0 unspecified atom stereocenters. The monoisotopic (exact) mass is 185 g/mol. The molecular formula is C5H7N5O3. The molecule has 0 atom stereocenters. The summed E-state index contributed by atoms with van der Waals surface area (Å²) in [5.74, 6) is -1.86. The van der Waals surface area contributed by atoms with Crippen molar-refractivity contribution in [3.63, 3.8) is 0 Å². The summed E-state index contributed by atoms with van der Waals surface area (Å²) in [7, 11) is 0. The van der Waals surface area contributed by atoms with Crippen LogP contribution in [0.25, 0.3) is 0 Å². The molecule has 8 nitrogen and oxygen atoms in total. The SMILES string of the molecule is NC(=O)CNc1n[nH]nc1C(=O)O. The molecule has 0 fully saturated rings. The first-order valence-corrected chi connectivity index (χ1v) is 3.27. The minimum Gasteiger partial charge on any atom is -0.476 e. The molecule has 1 aromatic heterocycles. The molecule has 0 saturated heterocycles. The van der Waals surface area contributed by atoms with Crippen molar-refractivity contribution >= 4 is 17.7 Å². The molecule has 13 heavy (non-hydrogen) atoms. The van der Waals surface area contributed by atoms with Crippen LogP contribution < -0.4 is 11.1 Å². The van der Waals surface area contributed by atoms with Crippen molar-refractivity contribution < 1.29 is 14.7 Å². The lowest BCUT2D eigenvalue weighted by Gasteiger charge is -1.97. The highest BCUT2D eigenvalue weighted by atomic mass is 16.4. The van der Waals surface area contributed by atoms with Crippen LogP contribution in [0.15, 0.2) is 0 Å². The van der Waals surface area contributed by atoms with E-state index in [-0.39, 0.29) is 18.1 Å². The van der Waals surface area contributed by atoms with Crippen molar-refractivity contribution in [2.75, 3.05) is 11.9 Å². The van der Waals surface area contributed by atoms with E-state index in [0.29, 0.717) is 0 Å². The number of rotatable bonds is 4. The Morgan fingerprint density at radius 1 is 1.54 bits per heavy atom. The van der Waals surface area contributed by atoms with Crippen molar-refractivity contribution in [3.05, 3.63) is 5.69 Å². The van der Waals surface area contributed by atoms with Crippen molar-refractivity contribution in [3.8, 4) is 0 Å². The number of carbonyl (C=O) groups is 2. The summed E-state index contributed by atoms with van der Waals surface area (Å²) in [6.45, 7) is -0.188. The lowest BCUT2D eigenvalue weighted by atomic mass is 10.4. The van der Waals surface area contributed by atoms with Gasteiger partial charge in [-0.15, -0.1) is 10.2 Å². The second-order valence-electron chi connectivity index (χ2n) is 2.15. The molecule has 0 aliphatic carbocycles. The number of nitrogens with one attached hydrogen (secondary N) is 2. The van der Waals surface area contributed by atoms with Crippen molar-refractivity contribution in [2.24, 2.45) is 5.73 Å². The van der Waals surface area contributed by atoms with Crippen LogP contribution in [0.2, 0.25) is 0 Å². The predicted octanol–water partition coefficient (Wildman–Crippen LogP) is -1.60. The number of aromatic amines is 1. The molecule has 0 aromatic carbocycles. The summed E-state index contributed by atoms with van der Waals surface area (Å²) in [5, 5.41) is 19.9. The first kappa shape index (κ1) is 8.97. The number of hydrogen-bond donors (Lipinski definition) is 4. The van der Waals surface area contributed by atoms with Crippen LogP contribution in [0.5, 0.6) is 0 Å². The van der Waals surface area contributed by atoms with Gasteiger partial charge < -0.3 is 16.2 Å². The Kier molecular flexibility index (Phi) is 2.43. The van der Waals surface area contributed by atoms with Crippen LogP contribution >= 0.6 is 0 Å². The van der Waals surface area contributed by atoms with Gasteiger partial charge >= 0.3 is 5.97 Å². The Balaban J connectivity index is 2.71. The van der Waals surface area contributed by atoms with Crippen LogP contribution in [-0.4, -0.2) is 38.9 Å². The average Bonchev–Trinajstić information content (AvgIpc) is 2.47. The fraction of sp³-hybridized carbons (Fsp3) is 0.200.